The van der Waals surface area contributed by atoms with Gasteiger partial charge in [-0.05, 0) is 32.6 Å². The van der Waals surface area contributed by atoms with Gasteiger partial charge in [0.15, 0.2) is 0 Å². The van der Waals surface area contributed by atoms with Crippen molar-refractivity contribution in [3.63, 3.8) is 0 Å². The van der Waals surface area contributed by atoms with E-state index >= 15 is 0 Å². The van der Waals surface area contributed by atoms with E-state index < -0.39 is 0 Å². The number of hydrogen-bond acceptors (Lipinski definition) is 1. The van der Waals surface area contributed by atoms with Gasteiger partial charge >= 0.3 is 0 Å². The van der Waals surface area contributed by atoms with E-state index in [2.05, 4.69) is 58.9 Å². The SMILES string of the molecule is CCC=CC(C#N)(CC=C(C)C)C(C)C. The lowest BCUT2D eigenvalue weighted by Crippen LogP contribution is -2.22. The molecule has 1 unspecified atom stereocenters. The van der Waals surface area contributed by atoms with E-state index in [-0.39, 0.29) is 5.41 Å². The van der Waals surface area contributed by atoms with E-state index in [1.807, 2.05) is 0 Å². The summed E-state index contributed by atoms with van der Waals surface area (Å²) in [6.07, 6.45) is 8.15. The zero-order valence-electron chi connectivity index (χ0n) is 10.7. The quantitative estimate of drug-likeness (QED) is 0.607. The van der Waals surface area contributed by atoms with Crippen LogP contribution in [0.1, 0.15) is 47.5 Å². The Morgan fingerprint density at radius 2 is 2.00 bits per heavy atom. The van der Waals surface area contributed by atoms with Gasteiger partial charge in [0.2, 0.25) is 0 Å². The van der Waals surface area contributed by atoms with E-state index in [0.717, 1.165) is 12.8 Å². The van der Waals surface area contributed by atoms with Gasteiger partial charge in [-0.3, -0.25) is 0 Å². The van der Waals surface area contributed by atoms with Gasteiger partial charge in [0.05, 0.1) is 11.5 Å². The van der Waals surface area contributed by atoms with Crippen molar-refractivity contribution in [2.45, 2.75) is 47.5 Å². The van der Waals surface area contributed by atoms with E-state index in [9.17, 15) is 5.26 Å². The minimum absolute atomic E-state index is 0.326. The average molecular weight is 205 g/mol. The van der Waals surface area contributed by atoms with E-state index in [1.165, 1.54) is 5.57 Å². The molecule has 1 heteroatoms. The molecule has 0 bridgehead atoms. The summed E-state index contributed by atoms with van der Waals surface area (Å²) in [5.41, 5.74) is 0.952. The predicted octanol–water partition coefficient (Wildman–Crippen LogP) is 4.47. The molecule has 0 radical (unpaired) electrons. The fourth-order valence-electron chi connectivity index (χ4n) is 1.41. The van der Waals surface area contributed by atoms with Crippen molar-refractivity contribution >= 4 is 0 Å². The number of rotatable bonds is 5. The Hall–Kier alpha value is -1.03. The van der Waals surface area contributed by atoms with Crippen molar-refractivity contribution in [1.29, 1.82) is 5.26 Å². The molecule has 0 aliphatic heterocycles. The molecular formula is C14H23N. The first-order valence-corrected chi connectivity index (χ1v) is 5.70. The zero-order chi connectivity index (χ0) is 11.9. The molecule has 0 fully saturated rings. The van der Waals surface area contributed by atoms with E-state index in [0.29, 0.717) is 5.92 Å². The number of hydrogen-bond donors (Lipinski definition) is 0. The van der Waals surface area contributed by atoms with Crippen LogP contribution in [0.3, 0.4) is 0 Å². The Morgan fingerprint density at radius 1 is 1.40 bits per heavy atom. The molecule has 0 rings (SSSR count). The van der Waals surface area contributed by atoms with Gasteiger partial charge in [-0.1, -0.05) is 44.6 Å². The fourth-order valence-corrected chi connectivity index (χ4v) is 1.41. The first-order chi connectivity index (χ1) is 6.98. The number of nitriles is 1. The standard InChI is InChI=1S/C14H23N/c1-6-7-9-14(11-15,13(4)5)10-8-12(2)3/h7-9,13H,6,10H2,1-5H3. The van der Waals surface area contributed by atoms with E-state index in [1.54, 1.807) is 0 Å². The Labute approximate surface area is 94.5 Å². The van der Waals surface area contributed by atoms with Crippen molar-refractivity contribution in [3.05, 3.63) is 23.8 Å². The highest BCUT2D eigenvalue weighted by atomic mass is 14.4. The fraction of sp³-hybridized carbons (Fsp3) is 0.643. The van der Waals surface area contributed by atoms with Crippen LogP contribution in [0.5, 0.6) is 0 Å². The molecule has 0 saturated carbocycles. The molecule has 0 aliphatic carbocycles. The lowest BCUT2D eigenvalue weighted by molar-refractivity contribution is 0.360. The molecule has 0 spiro atoms. The summed E-state index contributed by atoms with van der Waals surface area (Å²) in [4.78, 5) is 0. The number of allylic oxidation sites excluding steroid dienone is 4. The monoisotopic (exact) mass is 205 g/mol. The lowest BCUT2D eigenvalue weighted by atomic mass is 9.75. The highest BCUT2D eigenvalue weighted by Crippen LogP contribution is 2.33. The summed E-state index contributed by atoms with van der Waals surface area (Å²) in [5, 5.41) is 9.36. The summed E-state index contributed by atoms with van der Waals surface area (Å²) >= 11 is 0. The van der Waals surface area contributed by atoms with Gasteiger partial charge in [0.25, 0.3) is 0 Å². The van der Waals surface area contributed by atoms with Crippen LogP contribution in [0.25, 0.3) is 0 Å². The van der Waals surface area contributed by atoms with Crippen LogP contribution in [-0.4, -0.2) is 0 Å². The minimum atomic E-state index is -0.326. The van der Waals surface area contributed by atoms with Gasteiger partial charge in [0, 0.05) is 0 Å². The third kappa shape index (κ3) is 4.34. The largest absolute Gasteiger partial charge is 0.197 e. The third-order valence-electron chi connectivity index (χ3n) is 2.74. The van der Waals surface area contributed by atoms with Crippen LogP contribution in [0.4, 0.5) is 0 Å². The van der Waals surface area contributed by atoms with Gasteiger partial charge in [-0.25, -0.2) is 0 Å². The minimum Gasteiger partial charge on any atom is -0.197 e. The molecule has 84 valence electrons. The molecule has 0 N–H and O–H groups in total. The molecule has 0 aromatic rings. The highest BCUT2D eigenvalue weighted by Gasteiger charge is 2.29. The van der Waals surface area contributed by atoms with Crippen molar-refractivity contribution in [1.82, 2.24) is 0 Å². The second kappa shape index (κ2) is 6.45. The Kier molecular flexibility index (Phi) is 6.01. The second-order valence-corrected chi connectivity index (χ2v) is 4.60. The Bertz CT molecular complexity index is 274. The zero-order valence-corrected chi connectivity index (χ0v) is 10.7. The molecule has 0 amide bonds. The van der Waals surface area contributed by atoms with Crippen LogP contribution in [-0.2, 0) is 0 Å². The maximum Gasteiger partial charge on any atom is 0.0810 e. The van der Waals surface area contributed by atoms with Crippen LogP contribution < -0.4 is 0 Å². The summed E-state index contributed by atoms with van der Waals surface area (Å²) in [6, 6.07) is 2.47. The Balaban J connectivity index is 4.92. The second-order valence-electron chi connectivity index (χ2n) is 4.60. The third-order valence-corrected chi connectivity index (χ3v) is 2.74. The van der Waals surface area contributed by atoms with Gasteiger partial charge in [-0.2, -0.15) is 5.26 Å². The molecule has 0 aliphatic rings. The van der Waals surface area contributed by atoms with Crippen molar-refractivity contribution in [3.8, 4) is 6.07 Å². The summed E-state index contributed by atoms with van der Waals surface area (Å²) in [7, 11) is 0. The molecule has 1 atom stereocenters. The summed E-state index contributed by atoms with van der Waals surface area (Å²) < 4.78 is 0. The van der Waals surface area contributed by atoms with Crippen LogP contribution >= 0.6 is 0 Å². The summed E-state index contributed by atoms with van der Waals surface area (Å²) in [5.74, 6) is 0.348. The maximum absolute atomic E-state index is 9.36. The molecule has 0 aromatic carbocycles. The van der Waals surface area contributed by atoms with Crippen molar-refractivity contribution in [2.24, 2.45) is 11.3 Å². The van der Waals surface area contributed by atoms with Crippen LogP contribution in [0.15, 0.2) is 23.8 Å². The van der Waals surface area contributed by atoms with Gasteiger partial charge < -0.3 is 0 Å². The maximum atomic E-state index is 9.36. The van der Waals surface area contributed by atoms with Gasteiger partial charge in [-0.15, -0.1) is 0 Å². The van der Waals surface area contributed by atoms with Crippen molar-refractivity contribution in [2.75, 3.05) is 0 Å². The highest BCUT2D eigenvalue weighted by molar-refractivity contribution is 5.17. The molecule has 0 aromatic heterocycles. The topological polar surface area (TPSA) is 23.8 Å². The van der Waals surface area contributed by atoms with Crippen LogP contribution in [0.2, 0.25) is 0 Å². The summed E-state index contributed by atoms with van der Waals surface area (Å²) in [6.45, 7) is 10.5. The van der Waals surface area contributed by atoms with Crippen LogP contribution in [0, 0.1) is 22.7 Å². The average Bonchev–Trinajstić information content (AvgIpc) is 2.18. The lowest BCUT2D eigenvalue weighted by Gasteiger charge is -2.26. The molecular weight excluding hydrogens is 182 g/mol. The van der Waals surface area contributed by atoms with Crippen molar-refractivity contribution < 1.29 is 0 Å². The predicted molar refractivity (Wildman–Crippen MR) is 66.4 cm³/mol. The molecule has 15 heavy (non-hydrogen) atoms. The first kappa shape index (κ1) is 14.0. The molecule has 0 heterocycles. The molecule has 0 saturated heterocycles. The van der Waals surface area contributed by atoms with E-state index in [4.69, 9.17) is 0 Å². The Morgan fingerprint density at radius 3 is 2.33 bits per heavy atom. The molecule has 1 nitrogen and oxygen atoms in total. The normalized spacial score (nSPS) is 15.0. The first-order valence-electron chi connectivity index (χ1n) is 5.70. The number of nitrogens with zero attached hydrogens (tertiary/aromatic N) is 1. The smallest absolute Gasteiger partial charge is 0.0810 e. The van der Waals surface area contributed by atoms with Gasteiger partial charge in [0.1, 0.15) is 0 Å².